The molecule has 0 radical (unpaired) electrons. The zero-order chi connectivity index (χ0) is 15.9. The maximum Gasteiger partial charge on any atom is 0.257 e. The summed E-state index contributed by atoms with van der Waals surface area (Å²) >= 11 is 0. The van der Waals surface area contributed by atoms with Crippen LogP contribution in [0, 0.1) is 5.92 Å². The highest BCUT2D eigenvalue weighted by Crippen LogP contribution is 2.12. The van der Waals surface area contributed by atoms with E-state index < -0.39 is 0 Å². The van der Waals surface area contributed by atoms with E-state index in [0.717, 1.165) is 0 Å². The van der Waals surface area contributed by atoms with E-state index in [-0.39, 0.29) is 11.8 Å². The van der Waals surface area contributed by atoms with Crippen molar-refractivity contribution >= 4 is 17.5 Å². The number of benzene rings is 1. The molecule has 22 heavy (non-hydrogen) atoms. The summed E-state index contributed by atoms with van der Waals surface area (Å²) in [5, 5.41) is 5.61. The van der Waals surface area contributed by atoms with Gasteiger partial charge < -0.3 is 10.6 Å². The summed E-state index contributed by atoms with van der Waals surface area (Å²) in [5.74, 6) is -0.0172. The first kappa shape index (κ1) is 15.7. The van der Waals surface area contributed by atoms with Crippen molar-refractivity contribution < 1.29 is 9.59 Å². The number of nitrogens with zero attached hydrogens (tertiary/aromatic N) is 1. The highest BCUT2D eigenvalue weighted by molar-refractivity contribution is 6.04. The fourth-order valence-corrected chi connectivity index (χ4v) is 1.84. The number of anilines is 1. The van der Waals surface area contributed by atoms with Crippen LogP contribution in [0.3, 0.4) is 0 Å². The number of nitrogens with one attached hydrogen (secondary N) is 2. The Morgan fingerprint density at radius 3 is 2.55 bits per heavy atom. The van der Waals surface area contributed by atoms with E-state index >= 15 is 0 Å². The highest BCUT2D eigenvalue weighted by Gasteiger charge is 2.09. The van der Waals surface area contributed by atoms with Crippen molar-refractivity contribution in [3.63, 3.8) is 0 Å². The maximum atomic E-state index is 12.1. The second kappa shape index (κ2) is 7.36. The number of rotatable bonds is 5. The quantitative estimate of drug-likeness (QED) is 0.891. The molecule has 0 spiro atoms. The molecule has 1 heterocycles. The number of hydrogen-bond acceptors (Lipinski definition) is 3. The molecule has 114 valence electrons. The number of hydrogen-bond donors (Lipinski definition) is 2. The van der Waals surface area contributed by atoms with Crippen LogP contribution in [-0.4, -0.2) is 23.3 Å². The Labute approximate surface area is 129 Å². The van der Waals surface area contributed by atoms with Crippen molar-refractivity contribution in [2.45, 2.75) is 13.8 Å². The second-order valence-electron chi connectivity index (χ2n) is 5.38. The van der Waals surface area contributed by atoms with E-state index in [1.807, 2.05) is 13.8 Å². The molecule has 0 fully saturated rings. The first-order chi connectivity index (χ1) is 10.6. The van der Waals surface area contributed by atoms with Crippen LogP contribution in [0.2, 0.25) is 0 Å². The number of amides is 2. The van der Waals surface area contributed by atoms with Crippen LogP contribution in [0.1, 0.15) is 34.6 Å². The molecule has 2 amide bonds. The van der Waals surface area contributed by atoms with Gasteiger partial charge in [-0.2, -0.15) is 0 Å². The highest BCUT2D eigenvalue weighted by atomic mass is 16.2. The van der Waals surface area contributed by atoms with Crippen LogP contribution in [0.4, 0.5) is 5.69 Å². The molecule has 2 rings (SSSR count). The number of carbonyl (C=O) groups is 2. The Bertz CT molecular complexity index is 654. The molecule has 0 saturated carbocycles. The van der Waals surface area contributed by atoms with E-state index in [1.165, 1.54) is 6.20 Å². The van der Waals surface area contributed by atoms with Gasteiger partial charge in [-0.3, -0.25) is 14.6 Å². The molecule has 1 aromatic heterocycles. The molecule has 0 bridgehead atoms. The number of carbonyl (C=O) groups excluding carboxylic acids is 2. The molecular weight excluding hydrogens is 278 g/mol. The monoisotopic (exact) mass is 297 g/mol. The lowest BCUT2D eigenvalue weighted by Crippen LogP contribution is -2.27. The third-order valence-corrected chi connectivity index (χ3v) is 2.98. The van der Waals surface area contributed by atoms with E-state index in [9.17, 15) is 9.59 Å². The van der Waals surface area contributed by atoms with Gasteiger partial charge >= 0.3 is 0 Å². The average molecular weight is 297 g/mol. The van der Waals surface area contributed by atoms with Crippen LogP contribution >= 0.6 is 0 Å². The maximum absolute atomic E-state index is 12.1. The molecule has 1 aromatic carbocycles. The summed E-state index contributed by atoms with van der Waals surface area (Å²) in [6, 6.07) is 10.2. The Morgan fingerprint density at radius 2 is 1.86 bits per heavy atom. The van der Waals surface area contributed by atoms with Gasteiger partial charge in [-0.1, -0.05) is 19.9 Å². The molecule has 5 nitrogen and oxygen atoms in total. The van der Waals surface area contributed by atoms with E-state index in [4.69, 9.17) is 0 Å². The molecule has 0 atom stereocenters. The first-order valence-corrected chi connectivity index (χ1v) is 7.16. The fourth-order valence-electron chi connectivity index (χ4n) is 1.84. The predicted molar refractivity (Wildman–Crippen MR) is 85.8 cm³/mol. The SMILES string of the molecule is CC(C)CNC(=O)c1cccc(NC(=O)c2cccnc2)c1. The van der Waals surface area contributed by atoms with Gasteiger partial charge in [0.1, 0.15) is 0 Å². The molecule has 2 aromatic rings. The number of aromatic nitrogens is 1. The van der Waals surface area contributed by atoms with Crippen molar-refractivity contribution in [3.8, 4) is 0 Å². The smallest absolute Gasteiger partial charge is 0.257 e. The Morgan fingerprint density at radius 1 is 1.09 bits per heavy atom. The van der Waals surface area contributed by atoms with Crippen LogP contribution < -0.4 is 10.6 Å². The minimum atomic E-state index is -0.257. The second-order valence-corrected chi connectivity index (χ2v) is 5.38. The molecule has 0 aliphatic rings. The molecule has 0 unspecified atom stereocenters. The molecule has 0 aliphatic heterocycles. The number of pyridine rings is 1. The lowest BCUT2D eigenvalue weighted by atomic mass is 10.1. The third-order valence-electron chi connectivity index (χ3n) is 2.98. The Kier molecular flexibility index (Phi) is 5.25. The predicted octanol–water partition coefficient (Wildman–Crippen LogP) is 2.72. The molecule has 5 heteroatoms. The Balaban J connectivity index is 2.05. The van der Waals surface area contributed by atoms with Gasteiger partial charge in [-0.25, -0.2) is 0 Å². The van der Waals surface area contributed by atoms with Gasteiger partial charge in [0.05, 0.1) is 5.56 Å². The van der Waals surface area contributed by atoms with Gasteiger partial charge in [-0.05, 0) is 36.2 Å². The average Bonchev–Trinajstić information content (AvgIpc) is 2.53. The minimum absolute atomic E-state index is 0.147. The van der Waals surface area contributed by atoms with Crippen LogP contribution in [0.25, 0.3) is 0 Å². The van der Waals surface area contributed by atoms with Crippen molar-refractivity contribution in [2.75, 3.05) is 11.9 Å². The van der Waals surface area contributed by atoms with Gasteiger partial charge in [-0.15, -0.1) is 0 Å². The lowest BCUT2D eigenvalue weighted by Gasteiger charge is -2.09. The lowest BCUT2D eigenvalue weighted by molar-refractivity contribution is 0.0947. The summed E-state index contributed by atoms with van der Waals surface area (Å²) in [6.45, 7) is 4.68. The van der Waals surface area contributed by atoms with Crippen molar-refractivity contribution in [1.29, 1.82) is 0 Å². The normalized spacial score (nSPS) is 10.3. The minimum Gasteiger partial charge on any atom is -0.352 e. The van der Waals surface area contributed by atoms with Crippen molar-refractivity contribution in [1.82, 2.24) is 10.3 Å². The van der Waals surface area contributed by atoms with Crippen molar-refractivity contribution in [3.05, 3.63) is 59.9 Å². The van der Waals surface area contributed by atoms with Crippen molar-refractivity contribution in [2.24, 2.45) is 5.92 Å². The van der Waals surface area contributed by atoms with E-state index in [0.29, 0.717) is 29.3 Å². The summed E-state index contributed by atoms with van der Waals surface area (Å²) in [4.78, 5) is 28.0. The van der Waals surface area contributed by atoms with Crippen LogP contribution in [0.5, 0.6) is 0 Å². The zero-order valence-electron chi connectivity index (χ0n) is 12.7. The van der Waals surface area contributed by atoms with Gasteiger partial charge in [0, 0.05) is 30.2 Å². The van der Waals surface area contributed by atoms with E-state index in [1.54, 1.807) is 42.6 Å². The van der Waals surface area contributed by atoms with Gasteiger partial charge in [0.2, 0.25) is 0 Å². The third kappa shape index (κ3) is 4.41. The summed E-state index contributed by atoms with van der Waals surface area (Å²) < 4.78 is 0. The van der Waals surface area contributed by atoms with Gasteiger partial charge in [0.15, 0.2) is 0 Å². The van der Waals surface area contributed by atoms with Crippen LogP contribution in [-0.2, 0) is 0 Å². The topological polar surface area (TPSA) is 71.1 Å². The summed E-state index contributed by atoms with van der Waals surface area (Å²) in [6.07, 6.45) is 3.10. The summed E-state index contributed by atoms with van der Waals surface area (Å²) in [5.41, 5.74) is 1.56. The van der Waals surface area contributed by atoms with Gasteiger partial charge in [0.25, 0.3) is 11.8 Å². The fraction of sp³-hybridized carbons (Fsp3) is 0.235. The zero-order valence-corrected chi connectivity index (χ0v) is 12.7. The van der Waals surface area contributed by atoms with Crippen LogP contribution in [0.15, 0.2) is 48.8 Å². The molecule has 2 N–H and O–H groups in total. The largest absolute Gasteiger partial charge is 0.352 e. The first-order valence-electron chi connectivity index (χ1n) is 7.16. The van der Waals surface area contributed by atoms with E-state index in [2.05, 4.69) is 15.6 Å². The molecule has 0 saturated heterocycles. The molecule has 0 aliphatic carbocycles. The molecular formula is C17H19N3O2. The summed E-state index contributed by atoms with van der Waals surface area (Å²) in [7, 11) is 0. The standard InChI is InChI=1S/C17H19N3O2/c1-12(2)10-19-16(21)13-5-3-7-15(9-13)20-17(22)14-6-4-8-18-11-14/h3-9,11-12H,10H2,1-2H3,(H,19,21)(H,20,22). The Hall–Kier alpha value is -2.69.